The summed E-state index contributed by atoms with van der Waals surface area (Å²) in [5.41, 5.74) is 8.08. The van der Waals surface area contributed by atoms with Crippen LogP contribution in [0.3, 0.4) is 0 Å². The zero-order valence-electron chi connectivity index (χ0n) is 21.0. The SMILES string of the molecule is Cc1ccc(C(=O)Nc2cc(CCCN3CCN(C)CC3)cc(C(F)(F)F)c2)cc1-c1cnc(N)nc1. The van der Waals surface area contributed by atoms with Crippen molar-refractivity contribution in [2.45, 2.75) is 25.9 Å². The summed E-state index contributed by atoms with van der Waals surface area (Å²) in [6.07, 6.45) is -0.158. The number of likely N-dealkylation sites (N-methyl/N-ethyl adjacent to an activating group) is 1. The average molecular weight is 513 g/mol. The molecule has 1 saturated heterocycles. The number of anilines is 2. The second-order valence-corrected chi connectivity index (χ2v) is 9.48. The monoisotopic (exact) mass is 512 g/mol. The van der Waals surface area contributed by atoms with Crippen LogP contribution in [-0.2, 0) is 12.6 Å². The molecule has 0 atom stereocenters. The number of piperazine rings is 1. The first-order valence-electron chi connectivity index (χ1n) is 12.2. The van der Waals surface area contributed by atoms with E-state index < -0.39 is 17.6 Å². The van der Waals surface area contributed by atoms with Crippen LogP contribution < -0.4 is 11.1 Å². The quantitative estimate of drug-likeness (QED) is 0.485. The molecule has 3 aromatic rings. The molecule has 0 unspecified atom stereocenters. The molecule has 0 aliphatic carbocycles. The molecule has 1 aliphatic rings. The molecule has 0 spiro atoms. The van der Waals surface area contributed by atoms with E-state index in [0.717, 1.165) is 56.3 Å². The molecule has 0 bridgehead atoms. The van der Waals surface area contributed by atoms with Crippen molar-refractivity contribution in [3.05, 3.63) is 71.0 Å². The van der Waals surface area contributed by atoms with Crippen molar-refractivity contribution in [3.8, 4) is 11.1 Å². The number of nitrogen functional groups attached to an aromatic ring is 1. The summed E-state index contributed by atoms with van der Waals surface area (Å²) in [6, 6.07) is 8.85. The topological polar surface area (TPSA) is 87.4 Å². The van der Waals surface area contributed by atoms with Crippen LogP contribution in [0.2, 0.25) is 0 Å². The number of carbonyl (C=O) groups is 1. The Morgan fingerprint density at radius 2 is 1.76 bits per heavy atom. The minimum atomic E-state index is -4.51. The summed E-state index contributed by atoms with van der Waals surface area (Å²) in [5.74, 6) is -0.362. The molecule has 2 aromatic carbocycles. The Bertz CT molecular complexity index is 1240. The Balaban J connectivity index is 1.50. The molecule has 4 rings (SSSR count). The molecule has 1 aromatic heterocycles. The number of aryl methyl sites for hydroxylation is 2. The fourth-order valence-corrected chi connectivity index (χ4v) is 4.41. The lowest BCUT2D eigenvalue weighted by Gasteiger charge is -2.32. The average Bonchev–Trinajstić information content (AvgIpc) is 2.85. The van der Waals surface area contributed by atoms with Gasteiger partial charge in [0.2, 0.25) is 5.95 Å². The fraction of sp³-hybridized carbons (Fsp3) is 0.370. The van der Waals surface area contributed by atoms with Gasteiger partial charge in [0.1, 0.15) is 0 Å². The van der Waals surface area contributed by atoms with E-state index in [0.29, 0.717) is 23.1 Å². The van der Waals surface area contributed by atoms with Crippen molar-refractivity contribution in [1.82, 2.24) is 19.8 Å². The number of nitrogens with one attached hydrogen (secondary N) is 1. The van der Waals surface area contributed by atoms with E-state index in [-0.39, 0.29) is 11.6 Å². The summed E-state index contributed by atoms with van der Waals surface area (Å²) in [5, 5.41) is 2.66. The number of amides is 1. The molecular formula is C27H31F3N6O. The first kappa shape index (κ1) is 26.6. The molecule has 1 amide bonds. The van der Waals surface area contributed by atoms with E-state index in [1.807, 2.05) is 6.92 Å². The number of hydrogen-bond donors (Lipinski definition) is 2. The van der Waals surface area contributed by atoms with Crippen molar-refractivity contribution >= 4 is 17.5 Å². The van der Waals surface area contributed by atoms with Crippen molar-refractivity contribution < 1.29 is 18.0 Å². The number of nitrogens with zero attached hydrogens (tertiary/aromatic N) is 4. The van der Waals surface area contributed by atoms with Gasteiger partial charge in [0, 0.05) is 55.4 Å². The molecule has 196 valence electrons. The maximum atomic E-state index is 13.6. The van der Waals surface area contributed by atoms with Crippen LogP contribution in [0.5, 0.6) is 0 Å². The molecule has 1 aliphatic heterocycles. The predicted octanol–water partition coefficient (Wildman–Crippen LogP) is 4.49. The third-order valence-electron chi connectivity index (χ3n) is 6.60. The molecule has 1 fully saturated rings. The van der Waals surface area contributed by atoms with Crippen LogP contribution in [0.25, 0.3) is 11.1 Å². The van der Waals surface area contributed by atoms with Crippen molar-refractivity contribution in [1.29, 1.82) is 0 Å². The molecule has 0 radical (unpaired) electrons. The van der Waals surface area contributed by atoms with Crippen LogP contribution in [-0.4, -0.2) is 65.4 Å². The van der Waals surface area contributed by atoms with Gasteiger partial charge in [0.15, 0.2) is 0 Å². The lowest BCUT2D eigenvalue weighted by Crippen LogP contribution is -2.44. The van der Waals surface area contributed by atoms with Gasteiger partial charge in [-0.3, -0.25) is 4.79 Å². The maximum Gasteiger partial charge on any atom is 0.416 e. The van der Waals surface area contributed by atoms with Gasteiger partial charge in [-0.2, -0.15) is 13.2 Å². The predicted molar refractivity (Wildman–Crippen MR) is 138 cm³/mol. The second-order valence-electron chi connectivity index (χ2n) is 9.48. The van der Waals surface area contributed by atoms with E-state index in [9.17, 15) is 18.0 Å². The molecule has 0 saturated carbocycles. The molecule has 7 nitrogen and oxygen atoms in total. The van der Waals surface area contributed by atoms with E-state index in [1.54, 1.807) is 36.7 Å². The number of hydrogen-bond acceptors (Lipinski definition) is 6. The summed E-state index contributed by atoms with van der Waals surface area (Å²) >= 11 is 0. The van der Waals surface area contributed by atoms with Gasteiger partial charge in [-0.1, -0.05) is 6.07 Å². The van der Waals surface area contributed by atoms with E-state index in [2.05, 4.69) is 32.1 Å². The second kappa shape index (κ2) is 11.3. The van der Waals surface area contributed by atoms with Gasteiger partial charge >= 0.3 is 6.18 Å². The van der Waals surface area contributed by atoms with Crippen LogP contribution in [0.4, 0.5) is 24.8 Å². The minimum absolute atomic E-state index is 0.118. The summed E-state index contributed by atoms with van der Waals surface area (Å²) in [6.45, 7) is 6.61. The first-order valence-corrected chi connectivity index (χ1v) is 12.2. The smallest absolute Gasteiger partial charge is 0.368 e. The Kier molecular flexibility index (Phi) is 8.09. The summed E-state index contributed by atoms with van der Waals surface area (Å²) in [4.78, 5) is 25.6. The van der Waals surface area contributed by atoms with Crippen molar-refractivity contribution in [3.63, 3.8) is 0 Å². The molecule has 3 N–H and O–H groups in total. The van der Waals surface area contributed by atoms with E-state index in [1.165, 1.54) is 6.07 Å². The Hall–Kier alpha value is -3.50. The first-order chi connectivity index (χ1) is 17.6. The maximum absolute atomic E-state index is 13.6. The highest BCUT2D eigenvalue weighted by Crippen LogP contribution is 2.33. The van der Waals surface area contributed by atoms with Crippen LogP contribution in [0.1, 0.15) is 33.5 Å². The lowest BCUT2D eigenvalue weighted by atomic mass is 9.99. The highest BCUT2D eigenvalue weighted by atomic mass is 19.4. The van der Waals surface area contributed by atoms with Gasteiger partial charge in [0.25, 0.3) is 5.91 Å². The number of carbonyl (C=O) groups excluding carboxylic acids is 1. The number of aromatic nitrogens is 2. The highest BCUT2D eigenvalue weighted by molar-refractivity contribution is 6.05. The van der Waals surface area contributed by atoms with E-state index >= 15 is 0 Å². The number of halogens is 3. The van der Waals surface area contributed by atoms with Crippen LogP contribution >= 0.6 is 0 Å². The highest BCUT2D eigenvalue weighted by Gasteiger charge is 2.31. The lowest BCUT2D eigenvalue weighted by molar-refractivity contribution is -0.137. The number of benzene rings is 2. The third kappa shape index (κ3) is 7.05. The van der Waals surface area contributed by atoms with Gasteiger partial charge in [-0.05, 0) is 80.4 Å². The number of alkyl halides is 3. The zero-order chi connectivity index (χ0) is 26.6. The van der Waals surface area contributed by atoms with Gasteiger partial charge < -0.3 is 20.9 Å². The Labute approximate surface area is 214 Å². The van der Waals surface area contributed by atoms with Crippen LogP contribution in [0.15, 0.2) is 48.8 Å². The minimum Gasteiger partial charge on any atom is -0.368 e. The normalized spacial score (nSPS) is 15.1. The van der Waals surface area contributed by atoms with Gasteiger partial charge in [-0.15, -0.1) is 0 Å². The van der Waals surface area contributed by atoms with Gasteiger partial charge in [-0.25, -0.2) is 9.97 Å². The molecular weight excluding hydrogens is 481 g/mol. The van der Waals surface area contributed by atoms with E-state index in [4.69, 9.17) is 5.73 Å². The van der Waals surface area contributed by atoms with Crippen molar-refractivity contribution in [2.75, 3.05) is 50.8 Å². The third-order valence-corrected chi connectivity index (χ3v) is 6.60. The number of nitrogens with two attached hydrogens (primary N) is 1. The number of rotatable bonds is 7. The zero-order valence-corrected chi connectivity index (χ0v) is 21.0. The molecule has 37 heavy (non-hydrogen) atoms. The fourth-order valence-electron chi connectivity index (χ4n) is 4.41. The summed E-state index contributed by atoms with van der Waals surface area (Å²) < 4.78 is 40.9. The van der Waals surface area contributed by atoms with Gasteiger partial charge in [0.05, 0.1) is 5.56 Å². The Morgan fingerprint density at radius 3 is 2.43 bits per heavy atom. The largest absolute Gasteiger partial charge is 0.416 e. The van der Waals surface area contributed by atoms with Crippen molar-refractivity contribution in [2.24, 2.45) is 0 Å². The van der Waals surface area contributed by atoms with Crippen LogP contribution in [0, 0.1) is 6.92 Å². The molecule has 10 heteroatoms. The standard InChI is InChI=1S/C27H31F3N6O/c1-18-5-6-20(14-24(18)21-16-32-26(31)33-17-21)25(37)34-23-13-19(12-22(15-23)27(28,29)30)4-3-7-36-10-8-35(2)9-11-36/h5-6,12-17H,3-4,7-11H2,1-2H3,(H,34,37)(H2,31,32,33). The Morgan fingerprint density at radius 1 is 1.05 bits per heavy atom. The summed E-state index contributed by atoms with van der Waals surface area (Å²) in [7, 11) is 2.08. The molecule has 2 heterocycles.